The summed E-state index contributed by atoms with van der Waals surface area (Å²) >= 11 is 1.27. The van der Waals surface area contributed by atoms with Gasteiger partial charge in [-0.25, -0.2) is 4.98 Å². The number of ether oxygens (including phenoxy) is 1. The van der Waals surface area contributed by atoms with Crippen molar-refractivity contribution in [3.63, 3.8) is 0 Å². The number of rotatable bonds is 6. The molecule has 0 bridgehead atoms. The van der Waals surface area contributed by atoms with Gasteiger partial charge >= 0.3 is 0 Å². The lowest BCUT2D eigenvalue weighted by Gasteiger charge is -2.05. The molecule has 2 aromatic heterocycles. The average Bonchev–Trinajstić information content (AvgIpc) is 3.23. The molecule has 3 N–H and O–H groups in total. The Bertz CT molecular complexity index is 846. The fourth-order valence-electron chi connectivity index (χ4n) is 1.92. The van der Waals surface area contributed by atoms with Crippen LogP contribution in [0.3, 0.4) is 0 Å². The minimum absolute atomic E-state index is 0.0296. The van der Waals surface area contributed by atoms with Gasteiger partial charge in [0, 0.05) is 11.6 Å². The molecule has 0 saturated heterocycles. The van der Waals surface area contributed by atoms with Crippen LogP contribution in [0.2, 0.25) is 0 Å². The zero-order chi connectivity index (χ0) is 16.9. The number of thiazole rings is 1. The number of amides is 2. The molecule has 3 aromatic rings. The molecule has 0 aliphatic rings. The van der Waals surface area contributed by atoms with Crippen molar-refractivity contribution in [1.29, 1.82) is 0 Å². The van der Waals surface area contributed by atoms with Crippen molar-refractivity contribution in [3.05, 3.63) is 47.5 Å². The predicted octanol–water partition coefficient (Wildman–Crippen LogP) is 1.91. The SMILES string of the molecule is NC(=O)c1c(-c2nccs2)noc1NC(=O)COc1ccccc1. The van der Waals surface area contributed by atoms with Crippen molar-refractivity contribution in [3.8, 4) is 16.5 Å². The van der Waals surface area contributed by atoms with Crippen molar-refractivity contribution in [2.45, 2.75) is 0 Å². The van der Waals surface area contributed by atoms with Gasteiger partial charge in [0.2, 0.25) is 5.88 Å². The Morgan fingerprint density at radius 2 is 2.08 bits per heavy atom. The molecule has 0 atom stereocenters. The number of nitrogens with zero attached hydrogens (tertiary/aromatic N) is 2. The fourth-order valence-corrected chi connectivity index (χ4v) is 2.54. The third kappa shape index (κ3) is 3.41. The molecule has 0 fully saturated rings. The lowest BCUT2D eigenvalue weighted by atomic mass is 10.2. The van der Waals surface area contributed by atoms with E-state index in [9.17, 15) is 9.59 Å². The van der Waals surface area contributed by atoms with Gasteiger partial charge in [0.05, 0.1) is 0 Å². The maximum atomic E-state index is 12.0. The Morgan fingerprint density at radius 1 is 1.29 bits per heavy atom. The van der Waals surface area contributed by atoms with Gasteiger partial charge < -0.3 is 15.0 Å². The highest BCUT2D eigenvalue weighted by atomic mass is 32.1. The number of anilines is 1. The van der Waals surface area contributed by atoms with Crippen LogP contribution in [0.15, 0.2) is 46.4 Å². The number of benzene rings is 1. The van der Waals surface area contributed by atoms with Crippen molar-refractivity contribution >= 4 is 29.0 Å². The summed E-state index contributed by atoms with van der Waals surface area (Å²) in [6.45, 7) is -0.254. The van der Waals surface area contributed by atoms with Crippen molar-refractivity contribution in [2.24, 2.45) is 5.73 Å². The molecule has 0 spiro atoms. The number of carbonyl (C=O) groups excluding carboxylic acids is 2. The van der Waals surface area contributed by atoms with Gasteiger partial charge in [-0.1, -0.05) is 23.4 Å². The maximum Gasteiger partial charge on any atom is 0.264 e. The normalized spacial score (nSPS) is 10.3. The molecule has 0 aliphatic carbocycles. The van der Waals surface area contributed by atoms with Gasteiger partial charge in [0.15, 0.2) is 12.3 Å². The van der Waals surface area contributed by atoms with E-state index in [-0.39, 0.29) is 23.7 Å². The molecule has 122 valence electrons. The molecule has 2 heterocycles. The highest BCUT2D eigenvalue weighted by Crippen LogP contribution is 2.29. The number of carbonyl (C=O) groups is 2. The summed E-state index contributed by atoms with van der Waals surface area (Å²) in [6, 6.07) is 8.85. The van der Waals surface area contributed by atoms with Crippen LogP contribution in [0, 0.1) is 0 Å². The van der Waals surface area contributed by atoms with Crippen LogP contribution in [0.5, 0.6) is 5.75 Å². The van der Waals surface area contributed by atoms with Crippen LogP contribution in [-0.2, 0) is 4.79 Å². The van der Waals surface area contributed by atoms with Gasteiger partial charge in [-0.05, 0) is 12.1 Å². The van der Waals surface area contributed by atoms with E-state index in [0.29, 0.717) is 10.8 Å². The largest absolute Gasteiger partial charge is 0.484 e. The Labute approximate surface area is 140 Å². The first kappa shape index (κ1) is 15.7. The fraction of sp³-hybridized carbons (Fsp3) is 0.0667. The molecular formula is C15H12N4O4S. The van der Waals surface area contributed by atoms with Crippen molar-refractivity contribution < 1.29 is 18.8 Å². The number of hydrogen-bond acceptors (Lipinski definition) is 7. The second-order valence-corrected chi connectivity index (χ2v) is 5.48. The Balaban J connectivity index is 1.73. The number of nitrogens with one attached hydrogen (secondary N) is 1. The summed E-state index contributed by atoms with van der Waals surface area (Å²) in [5.41, 5.74) is 5.52. The highest BCUT2D eigenvalue weighted by Gasteiger charge is 2.25. The van der Waals surface area contributed by atoms with Crippen LogP contribution in [0.4, 0.5) is 5.88 Å². The number of hydrogen-bond donors (Lipinski definition) is 2. The van der Waals surface area contributed by atoms with E-state index in [0.717, 1.165) is 0 Å². The van der Waals surface area contributed by atoms with Gasteiger partial charge in [0.25, 0.3) is 11.8 Å². The van der Waals surface area contributed by atoms with Crippen LogP contribution in [0.25, 0.3) is 10.7 Å². The minimum Gasteiger partial charge on any atom is -0.484 e. The number of aromatic nitrogens is 2. The van der Waals surface area contributed by atoms with Crippen molar-refractivity contribution in [1.82, 2.24) is 10.1 Å². The van der Waals surface area contributed by atoms with Gasteiger partial charge in [0.1, 0.15) is 16.3 Å². The zero-order valence-electron chi connectivity index (χ0n) is 12.3. The van der Waals surface area contributed by atoms with Gasteiger partial charge in [-0.2, -0.15) is 0 Å². The van der Waals surface area contributed by atoms with Crippen LogP contribution in [0.1, 0.15) is 10.4 Å². The molecule has 8 nitrogen and oxygen atoms in total. The number of primary amides is 1. The maximum absolute atomic E-state index is 12.0. The highest BCUT2D eigenvalue weighted by molar-refractivity contribution is 7.13. The van der Waals surface area contributed by atoms with E-state index >= 15 is 0 Å². The second-order valence-electron chi connectivity index (χ2n) is 4.59. The second kappa shape index (κ2) is 6.92. The molecule has 0 saturated carbocycles. The molecule has 0 aliphatic heterocycles. The summed E-state index contributed by atoms with van der Waals surface area (Å²) in [5, 5.41) is 8.38. The minimum atomic E-state index is -0.777. The first-order valence-corrected chi connectivity index (χ1v) is 7.70. The van der Waals surface area contributed by atoms with Crippen LogP contribution >= 0.6 is 11.3 Å². The summed E-state index contributed by atoms with van der Waals surface area (Å²) in [6.07, 6.45) is 1.56. The Hall–Kier alpha value is -3.20. The molecule has 0 radical (unpaired) electrons. The summed E-state index contributed by atoms with van der Waals surface area (Å²) < 4.78 is 10.4. The lowest BCUT2D eigenvalue weighted by molar-refractivity contribution is -0.118. The third-order valence-corrected chi connectivity index (χ3v) is 3.72. The lowest BCUT2D eigenvalue weighted by Crippen LogP contribution is -2.22. The predicted molar refractivity (Wildman–Crippen MR) is 86.7 cm³/mol. The number of para-hydroxylation sites is 1. The summed E-state index contributed by atoms with van der Waals surface area (Å²) in [5.74, 6) is -0.873. The van der Waals surface area contributed by atoms with Gasteiger partial charge in [-0.15, -0.1) is 11.3 Å². The third-order valence-electron chi connectivity index (χ3n) is 2.94. The van der Waals surface area contributed by atoms with E-state index in [1.54, 1.807) is 35.8 Å². The van der Waals surface area contributed by atoms with Crippen LogP contribution < -0.4 is 15.8 Å². The summed E-state index contributed by atoms with van der Waals surface area (Å²) in [7, 11) is 0. The molecule has 0 unspecified atom stereocenters. The Kier molecular flexibility index (Phi) is 4.52. The molecule has 24 heavy (non-hydrogen) atoms. The molecule has 2 amide bonds. The quantitative estimate of drug-likeness (QED) is 0.705. The molecule has 9 heteroatoms. The number of nitrogens with two attached hydrogens (primary N) is 1. The Morgan fingerprint density at radius 3 is 2.75 bits per heavy atom. The average molecular weight is 344 g/mol. The smallest absolute Gasteiger partial charge is 0.264 e. The van der Waals surface area contributed by atoms with Crippen molar-refractivity contribution in [2.75, 3.05) is 11.9 Å². The molecular weight excluding hydrogens is 332 g/mol. The zero-order valence-corrected chi connectivity index (χ0v) is 13.1. The van der Waals surface area contributed by atoms with Crippen LogP contribution in [-0.4, -0.2) is 28.6 Å². The van der Waals surface area contributed by atoms with E-state index in [2.05, 4.69) is 15.5 Å². The first-order valence-electron chi connectivity index (χ1n) is 6.82. The summed E-state index contributed by atoms with van der Waals surface area (Å²) in [4.78, 5) is 27.7. The monoisotopic (exact) mass is 344 g/mol. The van der Waals surface area contributed by atoms with E-state index in [4.69, 9.17) is 15.0 Å². The standard InChI is InChI=1S/C15H12N4O4S/c16-13(21)11-12(15-17-6-7-24-15)19-23-14(11)18-10(20)8-22-9-4-2-1-3-5-9/h1-7H,8H2,(H2,16,21)(H,18,20). The topological polar surface area (TPSA) is 120 Å². The van der Waals surface area contributed by atoms with E-state index in [1.807, 2.05) is 6.07 Å². The van der Waals surface area contributed by atoms with E-state index in [1.165, 1.54) is 11.3 Å². The molecule has 3 rings (SSSR count). The van der Waals surface area contributed by atoms with Gasteiger partial charge in [-0.3, -0.25) is 14.9 Å². The van der Waals surface area contributed by atoms with E-state index < -0.39 is 11.8 Å². The molecule has 1 aromatic carbocycles. The first-order chi connectivity index (χ1) is 11.6.